The van der Waals surface area contributed by atoms with Crippen molar-refractivity contribution >= 4 is 5.91 Å². The van der Waals surface area contributed by atoms with Gasteiger partial charge in [0.25, 0.3) is 5.91 Å². The smallest absolute Gasteiger partial charge is 0.263 e. The summed E-state index contributed by atoms with van der Waals surface area (Å²) < 4.78 is 20.8. The maximum atomic E-state index is 13.3. The Labute approximate surface area is 147 Å². The minimum absolute atomic E-state index is 0.0276. The van der Waals surface area contributed by atoms with Crippen LogP contribution in [-0.2, 0) is 11.8 Å². The molecule has 2 heterocycles. The van der Waals surface area contributed by atoms with E-state index in [1.54, 1.807) is 19.1 Å². The molecule has 0 spiro atoms. The number of ether oxygens (including phenoxy) is 1. The van der Waals surface area contributed by atoms with E-state index in [0.717, 1.165) is 29.8 Å². The zero-order valence-electron chi connectivity index (χ0n) is 15.1. The van der Waals surface area contributed by atoms with Crippen LogP contribution in [0.25, 0.3) is 0 Å². The number of nitrogens with zero attached hydrogens (tertiary/aromatic N) is 3. The molecule has 1 aliphatic rings. The number of halogens is 1. The number of likely N-dealkylation sites (tertiary alicyclic amines) is 1. The molecule has 0 saturated carbocycles. The van der Waals surface area contributed by atoms with Crippen LogP contribution in [0.15, 0.2) is 24.3 Å². The van der Waals surface area contributed by atoms with Crippen molar-refractivity contribution in [2.24, 2.45) is 7.05 Å². The highest BCUT2D eigenvalue weighted by atomic mass is 19.1. The zero-order chi connectivity index (χ0) is 18.1. The third kappa shape index (κ3) is 3.38. The van der Waals surface area contributed by atoms with Gasteiger partial charge in [-0.1, -0.05) is 6.07 Å². The molecule has 3 rings (SSSR count). The number of amides is 1. The highest BCUT2D eigenvalue weighted by Crippen LogP contribution is 2.36. The lowest BCUT2D eigenvalue weighted by Gasteiger charge is -2.28. The van der Waals surface area contributed by atoms with Gasteiger partial charge in [-0.2, -0.15) is 5.10 Å². The van der Waals surface area contributed by atoms with Gasteiger partial charge in [0.1, 0.15) is 11.6 Å². The molecule has 134 valence electrons. The third-order valence-corrected chi connectivity index (χ3v) is 4.89. The van der Waals surface area contributed by atoms with E-state index in [1.807, 2.05) is 30.5 Å². The Kier molecular flexibility index (Phi) is 4.79. The van der Waals surface area contributed by atoms with Crippen molar-refractivity contribution in [3.63, 3.8) is 0 Å². The highest BCUT2D eigenvalue weighted by Gasteiger charge is 2.35. The highest BCUT2D eigenvalue weighted by molar-refractivity contribution is 5.81. The third-order valence-electron chi connectivity index (χ3n) is 4.89. The number of hydrogen-bond acceptors (Lipinski definition) is 3. The van der Waals surface area contributed by atoms with Crippen LogP contribution in [0.4, 0.5) is 4.39 Å². The number of benzene rings is 1. The van der Waals surface area contributed by atoms with Crippen molar-refractivity contribution in [2.45, 2.75) is 45.8 Å². The van der Waals surface area contributed by atoms with Crippen LogP contribution >= 0.6 is 0 Å². The Hall–Kier alpha value is -2.37. The molecule has 25 heavy (non-hydrogen) atoms. The molecule has 0 bridgehead atoms. The van der Waals surface area contributed by atoms with E-state index in [1.165, 1.54) is 12.1 Å². The van der Waals surface area contributed by atoms with Gasteiger partial charge in [-0.25, -0.2) is 4.39 Å². The Bertz CT molecular complexity index is 787. The molecule has 2 aromatic rings. The Morgan fingerprint density at radius 2 is 2.16 bits per heavy atom. The van der Waals surface area contributed by atoms with Crippen LogP contribution in [-0.4, -0.2) is 33.2 Å². The van der Waals surface area contributed by atoms with Crippen molar-refractivity contribution in [1.29, 1.82) is 0 Å². The van der Waals surface area contributed by atoms with Crippen LogP contribution in [0.2, 0.25) is 0 Å². The van der Waals surface area contributed by atoms with Gasteiger partial charge < -0.3 is 9.64 Å². The summed E-state index contributed by atoms with van der Waals surface area (Å²) in [5.74, 6) is -0.0856. The summed E-state index contributed by atoms with van der Waals surface area (Å²) in [6.07, 6.45) is 1.21. The Morgan fingerprint density at radius 3 is 2.80 bits per heavy atom. The van der Waals surface area contributed by atoms with Gasteiger partial charge in [0, 0.05) is 30.9 Å². The lowest BCUT2D eigenvalue weighted by Crippen LogP contribution is -2.40. The number of carbonyl (C=O) groups is 1. The van der Waals surface area contributed by atoms with Crippen molar-refractivity contribution in [2.75, 3.05) is 6.54 Å². The lowest BCUT2D eigenvalue weighted by molar-refractivity contribution is -0.139. The summed E-state index contributed by atoms with van der Waals surface area (Å²) in [5.41, 5.74) is 3.18. The van der Waals surface area contributed by atoms with Crippen LogP contribution in [0.1, 0.15) is 42.8 Å². The van der Waals surface area contributed by atoms with Crippen LogP contribution in [0.5, 0.6) is 5.75 Å². The van der Waals surface area contributed by atoms with E-state index in [2.05, 4.69) is 5.10 Å². The van der Waals surface area contributed by atoms with Gasteiger partial charge in [0.2, 0.25) is 0 Å². The van der Waals surface area contributed by atoms with Crippen LogP contribution < -0.4 is 4.74 Å². The molecule has 2 atom stereocenters. The van der Waals surface area contributed by atoms with Crippen molar-refractivity contribution < 1.29 is 13.9 Å². The van der Waals surface area contributed by atoms with Gasteiger partial charge in [-0.05, 0) is 45.7 Å². The van der Waals surface area contributed by atoms with Crippen molar-refractivity contribution in [3.05, 3.63) is 47.0 Å². The van der Waals surface area contributed by atoms with Crippen molar-refractivity contribution in [1.82, 2.24) is 14.7 Å². The predicted octanol–water partition coefficient (Wildman–Crippen LogP) is 3.31. The SMILES string of the molecule is Cc1nn(C)c(C)c1C1CCCN1C(=O)C(C)Oc1cccc(F)c1. The quantitative estimate of drug-likeness (QED) is 0.854. The standard InChI is InChI=1S/C19H24FN3O2/c1-12-18(13(2)22(4)21-12)17-9-6-10-23(17)19(24)14(3)25-16-8-5-7-15(20)11-16/h5,7-8,11,14,17H,6,9-10H2,1-4H3. The summed E-state index contributed by atoms with van der Waals surface area (Å²) in [6, 6.07) is 5.90. The molecular weight excluding hydrogens is 321 g/mol. The largest absolute Gasteiger partial charge is 0.481 e. The number of hydrogen-bond donors (Lipinski definition) is 0. The van der Waals surface area contributed by atoms with Gasteiger partial charge in [-0.15, -0.1) is 0 Å². The van der Waals surface area contributed by atoms with Crippen LogP contribution in [0.3, 0.4) is 0 Å². The monoisotopic (exact) mass is 345 g/mol. The maximum absolute atomic E-state index is 13.3. The first-order valence-corrected chi connectivity index (χ1v) is 8.61. The fourth-order valence-electron chi connectivity index (χ4n) is 3.63. The first-order valence-electron chi connectivity index (χ1n) is 8.61. The van der Waals surface area contributed by atoms with Gasteiger partial charge >= 0.3 is 0 Å². The van der Waals surface area contributed by atoms with E-state index < -0.39 is 6.10 Å². The molecule has 1 fully saturated rings. The van der Waals surface area contributed by atoms with Gasteiger partial charge in [-0.3, -0.25) is 9.48 Å². The van der Waals surface area contributed by atoms with Crippen molar-refractivity contribution in [3.8, 4) is 5.75 Å². The first-order chi connectivity index (χ1) is 11.9. The van der Waals surface area contributed by atoms with E-state index in [4.69, 9.17) is 4.74 Å². The maximum Gasteiger partial charge on any atom is 0.263 e. The number of aryl methyl sites for hydroxylation is 2. The molecule has 1 aliphatic heterocycles. The second-order valence-electron chi connectivity index (χ2n) is 6.62. The molecule has 2 unspecified atom stereocenters. The van der Waals surface area contributed by atoms with E-state index >= 15 is 0 Å². The van der Waals surface area contributed by atoms with E-state index in [0.29, 0.717) is 12.3 Å². The molecule has 0 aliphatic carbocycles. The average Bonchev–Trinajstić information content (AvgIpc) is 3.11. The molecule has 1 aromatic heterocycles. The predicted molar refractivity (Wildman–Crippen MR) is 92.9 cm³/mol. The summed E-state index contributed by atoms with van der Waals surface area (Å²) in [6.45, 7) is 6.43. The topological polar surface area (TPSA) is 47.4 Å². The van der Waals surface area contributed by atoms with E-state index in [-0.39, 0.29) is 17.8 Å². The molecule has 0 radical (unpaired) electrons. The molecule has 1 amide bonds. The lowest BCUT2D eigenvalue weighted by atomic mass is 10.0. The number of rotatable bonds is 4. The van der Waals surface area contributed by atoms with E-state index in [9.17, 15) is 9.18 Å². The summed E-state index contributed by atoms with van der Waals surface area (Å²) in [4.78, 5) is 14.8. The summed E-state index contributed by atoms with van der Waals surface area (Å²) in [7, 11) is 1.92. The molecule has 1 saturated heterocycles. The van der Waals surface area contributed by atoms with Crippen LogP contribution in [0, 0.1) is 19.7 Å². The van der Waals surface area contributed by atoms with Gasteiger partial charge in [0.15, 0.2) is 6.10 Å². The Morgan fingerprint density at radius 1 is 1.40 bits per heavy atom. The molecule has 0 N–H and O–H groups in total. The molecule has 1 aromatic carbocycles. The minimum atomic E-state index is -0.667. The fraction of sp³-hybridized carbons (Fsp3) is 0.474. The number of aromatic nitrogens is 2. The normalized spacial score (nSPS) is 18.4. The molecule has 5 nitrogen and oxygen atoms in total. The second-order valence-corrected chi connectivity index (χ2v) is 6.62. The Balaban J connectivity index is 1.78. The second kappa shape index (κ2) is 6.86. The fourth-order valence-corrected chi connectivity index (χ4v) is 3.63. The minimum Gasteiger partial charge on any atom is -0.481 e. The number of carbonyl (C=O) groups excluding carboxylic acids is 1. The molecular formula is C19H24FN3O2. The average molecular weight is 345 g/mol. The van der Waals surface area contributed by atoms with Gasteiger partial charge in [0.05, 0.1) is 11.7 Å². The molecule has 6 heteroatoms. The summed E-state index contributed by atoms with van der Waals surface area (Å²) in [5, 5.41) is 4.48. The zero-order valence-corrected chi connectivity index (χ0v) is 15.1. The first kappa shape index (κ1) is 17.5. The summed E-state index contributed by atoms with van der Waals surface area (Å²) >= 11 is 0.